The fourth-order valence-electron chi connectivity index (χ4n) is 0.978. The Morgan fingerprint density at radius 1 is 1.71 bits per heavy atom. The number of nitrogens with two attached hydrogens (primary N) is 1. The van der Waals surface area contributed by atoms with Crippen molar-refractivity contribution in [2.24, 2.45) is 0 Å². The van der Waals surface area contributed by atoms with E-state index in [1.54, 1.807) is 12.3 Å². The fourth-order valence-corrected chi connectivity index (χ4v) is 0.978. The van der Waals surface area contributed by atoms with Gasteiger partial charge in [0.2, 0.25) is 0 Å². The van der Waals surface area contributed by atoms with Crippen LogP contribution in [0.4, 0.5) is 5.82 Å². The highest BCUT2D eigenvalue weighted by Crippen LogP contribution is 2.03. The highest BCUT2D eigenvalue weighted by molar-refractivity contribution is 5.81. The molecule has 14 heavy (non-hydrogen) atoms. The quantitative estimate of drug-likeness (QED) is 0.569. The zero-order chi connectivity index (χ0) is 10.4. The molecular weight excluding hydrogens is 180 g/mol. The Balaban J connectivity index is 2.38. The lowest BCUT2D eigenvalue weighted by atomic mass is 10.2. The molecule has 1 aromatic rings. The van der Waals surface area contributed by atoms with Gasteiger partial charge in [-0.25, -0.2) is 9.78 Å². The van der Waals surface area contributed by atoms with Gasteiger partial charge in [-0.05, 0) is 17.7 Å². The van der Waals surface area contributed by atoms with Crippen LogP contribution in [-0.4, -0.2) is 17.6 Å². The third kappa shape index (κ3) is 3.26. The number of hydrogen-bond donors (Lipinski definition) is 1. The maximum Gasteiger partial charge on any atom is 0.330 e. The van der Waals surface area contributed by atoms with Gasteiger partial charge in [0.05, 0.1) is 6.61 Å². The molecule has 0 bridgehead atoms. The van der Waals surface area contributed by atoms with Gasteiger partial charge < -0.3 is 10.5 Å². The minimum absolute atomic E-state index is 0.328. The number of esters is 1. The van der Waals surface area contributed by atoms with E-state index in [1.807, 2.05) is 6.07 Å². The lowest BCUT2D eigenvalue weighted by Gasteiger charge is -2.02. The van der Waals surface area contributed by atoms with Crippen LogP contribution < -0.4 is 5.73 Å². The number of rotatable bonds is 4. The van der Waals surface area contributed by atoms with Gasteiger partial charge >= 0.3 is 5.97 Å². The molecule has 0 unspecified atom stereocenters. The van der Waals surface area contributed by atoms with Gasteiger partial charge in [-0.15, -0.1) is 0 Å². The number of aromatic nitrogens is 1. The van der Waals surface area contributed by atoms with Gasteiger partial charge in [-0.1, -0.05) is 6.58 Å². The number of carbonyl (C=O) groups excluding carboxylic acids is 1. The van der Waals surface area contributed by atoms with Crippen LogP contribution in [0.2, 0.25) is 0 Å². The topological polar surface area (TPSA) is 65.2 Å². The van der Waals surface area contributed by atoms with Crippen LogP contribution in [0.1, 0.15) is 5.56 Å². The summed E-state index contributed by atoms with van der Waals surface area (Å²) >= 11 is 0. The first-order chi connectivity index (χ1) is 6.72. The minimum atomic E-state index is -0.410. The van der Waals surface area contributed by atoms with Crippen LogP contribution in [0.3, 0.4) is 0 Å². The van der Waals surface area contributed by atoms with Crippen molar-refractivity contribution in [1.82, 2.24) is 4.98 Å². The second-order valence-electron chi connectivity index (χ2n) is 2.71. The average molecular weight is 192 g/mol. The number of anilines is 1. The van der Waals surface area contributed by atoms with Crippen molar-refractivity contribution >= 4 is 11.8 Å². The van der Waals surface area contributed by atoms with Gasteiger partial charge in [0.25, 0.3) is 0 Å². The molecule has 0 aliphatic carbocycles. The summed E-state index contributed by atoms with van der Waals surface area (Å²) in [6.07, 6.45) is 3.40. The first-order valence-corrected chi connectivity index (χ1v) is 4.22. The van der Waals surface area contributed by atoms with Gasteiger partial charge in [0.15, 0.2) is 0 Å². The van der Waals surface area contributed by atoms with E-state index in [1.165, 1.54) is 0 Å². The lowest BCUT2D eigenvalue weighted by molar-refractivity contribution is -0.137. The summed E-state index contributed by atoms with van der Waals surface area (Å²) in [7, 11) is 0. The molecule has 2 N–H and O–H groups in total. The molecule has 0 aromatic carbocycles. The largest absolute Gasteiger partial charge is 0.462 e. The molecule has 0 fully saturated rings. The molecule has 0 aliphatic heterocycles. The van der Waals surface area contributed by atoms with E-state index in [9.17, 15) is 4.79 Å². The molecule has 0 spiro atoms. The summed E-state index contributed by atoms with van der Waals surface area (Å²) in [5.41, 5.74) is 6.48. The number of carbonyl (C=O) groups is 1. The summed E-state index contributed by atoms with van der Waals surface area (Å²) in [6, 6.07) is 3.58. The normalized spacial score (nSPS) is 9.43. The van der Waals surface area contributed by atoms with Gasteiger partial charge in [0, 0.05) is 18.7 Å². The van der Waals surface area contributed by atoms with Crippen molar-refractivity contribution in [2.45, 2.75) is 6.42 Å². The molecule has 0 saturated carbocycles. The second kappa shape index (κ2) is 5.01. The maximum absolute atomic E-state index is 10.7. The summed E-state index contributed by atoms with van der Waals surface area (Å²) < 4.78 is 4.82. The van der Waals surface area contributed by atoms with E-state index in [0.717, 1.165) is 11.6 Å². The van der Waals surface area contributed by atoms with E-state index < -0.39 is 5.97 Å². The molecule has 0 atom stereocenters. The monoisotopic (exact) mass is 192 g/mol. The fraction of sp³-hybridized carbons (Fsp3) is 0.200. The van der Waals surface area contributed by atoms with Crippen LogP contribution in [0.15, 0.2) is 31.0 Å². The van der Waals surface area contributed by atoms with Crippen LogP contribution in [0, 0.1) is 0 Å². The van der Waals surface area contributed by atoms with Crippen LogP contribution in [0.25, 0.3) is 0 Å². The average Bonchev–Trinajstić information content (AvgIpc) is 2.17. The number of nitrogens with zero attached hydrogens (tertiary/aromatic N) is 1. The van der Waals surface area contributed by atoms with E-state index in [2.05, 4.69) is 11.6 Å². The van der Waals surface area contributed by atoms with Crippen LogP contribution in [0.5, 0.6) is 0 Å². The number of hydrogen-bond acceptors (Lipinski definition) is 4. The highest BCUT2D eigenvalue weighted by atomic mass is 16.5. The number of nitrogen functional groups attached to an aromatic ring is 1. The third-order valence-corrected chi connectivity index (χ3v) is 1.65. The van der Waals surface area contributed by atoms with Crippen LogP contribution in [-0.2, 0) is 16.0 Å². The molecular formula is C10H12N2O2. The molecule has 74 valence electrons. The molecule has 1 heterocycles. The molecule has 4 heteroatoms. The molecule has 0 amide bonds. The van der Waals surface area contributed by atoms with E-state index in [4.69, 9.17) is 10.5 Å². The smallest absolute Gasteiger partial charge is 0.330 e. The van der Waals surface area contributed by atoms with Crippen LogP contribution >= 0.6 is 0 Å². The highest BCUT2D eigenvalue weighted by Gasteiger charge is 1.97. The number of pyridine rings is 1. The Hall–Kier alpha value is -1.84. The van der Waals surface area contributed by atoms with Crippen molar-refractivity contribution in [3.8, 4) is 0 Å². The zero-order valence-corrected chi connectivity index (χ0v) is 7.77. The Morgan fingerprint density at radius 2 is 2.50 bits per heavy atom. The molecule has 1 rings (SSSR count). The van der Waals surface area contributed by atoms with E-state index in [0.29, 0.717) is 18.8 Å². The minimum Gasteiger partial charge on any atom is -0.462 e. The van der Waals surface area contributed by atoms with E-state index >= 15 is 0 Å². The maximum atomic E-state index is 10.7. The summed E-state index contributed by atoms with van der Waals surface area (Å²) in [5, 5.41) is 0. The third-order valence-electron chi connectivity index (χ3n) is 1.65. The first kappa shape index (κ1) is 10.2. The van der Waals surface area contributed by atoms with Crippen molar-refractivity contribution in [3.63, 3.8) is 0 Å². The van der Waals surface area contributed by atoms with Gasteiger partial charge in [0.1, 0.15) is 5.82 Å². The van der Waals surface area contributed by atoms with Crippen molar-refractivity contribution < 1.29 is 9.53 Å². The molecule has 0 radical (unpaired) electrons. The lowest BCUT2D eigenvalue weighted by Crippen LogP contribution is -2.04. The predicted octanol–water partition coefficient (Wildman–Crippen LogP) is 0.935. The molecule has 4 nitrogen and oxygen atoms in total. The SMILES string of the molecule is C=CC(=O)OCCc1ccnc(N)c1. The molecule has 0 saturated heterocycles. The van der Waals surface area contributed by atoms with Crippen molar-refractivity contribution in [2.75, 3.05) is 12.3 Å². The summed E-state index contributed by atoms with van der Waals surface area (Å²) in [6.45, 7) is 3.62. The zero-order valence-electron chi connectivity index (χ0n) is 7.77. The van der Waals surface area contributed by atoms with Crippen molar-refractivity contribution in [3.05, 3.63) is 36.5 Å². The Labute approximate surface area is 82.4 Å². The van der Waals surface area contributed by atoms with E-state index in [-0.39, 0.29) is 0 Å². The predicted molar refractivity (Wildman–Crippen MR) is 53.5 cm³/mol. The van der Waals surface area contributed by atoms with Crippen molar-refractivity contribution in [1.29, 1.82) is 0 Å². The van der Waals surface area contributed by atoms with Gasteiger partial charge in [-0.2, -0.15) is 0 Å². The Kier molecular flexibility index (Phi) is 3.67. The van der Waals surface area contributed by atoms with Gasteiger partial charge in [-0.3, -0.25) is 0 Å². The second-order valence-corrected chi connectivity index (χ2v) is 2.71. The Morgan fingerprint density at radius 3 is 3.14 bits per heavy atom. The molecule has 0 aliphatic rings. The first-order valence-electron chi connectivity index (χ1n) is 4.22. The Bertz CT molecular complexity index is 337. The summed E-state index contributed by atoms with van der Waals surface area (Å²) in [4.78, 5) is 14.5. The molecule has 1 aromatic heterocycles. The standard InChI is InChI=1S/C10H12N2O2/c1-2-10(13)14-6-4-8-3-5-12-9(11)7-8/h2-3,5,7H,1,4,6H2,(H2,11,12). The number of ether oxygens (including phenoxy) is 1. The summed E-state index contributed by atoms with van der Waals surface area (Å²) in [5.74, 6) is 0.0598.